The summed E-state index contributed by atoms with van der Waals surface area (Å²) in [5.74, 6) is 1.02. The van der Waals surface area contributed by atoms with Gasteiger partial charge in [-0.25, -0.2) is 0 Å². The van der Waals surface area contributed by atoms with Gasteiger partial charge in [0.05, 0.1) is 5.75 Å². The highest BCUT2D eigenvalue weighted by molar-refractivity contribution is 7.99. The summed E-state index contributed by atoms with van der Waals surface area (Å²) in [4.78, 5) is 0. The van der Waals surface area contributed by atoms with E-state index in [1.165, 1.54) is 22.9 Å². The van der Waals surface area contributed by atoms with Crippen LogP contribution in [-0.4, -0.2) is 24.5 Å². The highest BCUT2D eigenvalue weighted by Crippen LogP contribution is 2.12. The summed E-state index contributed by atoms with van der Waals surface area (Å²) < 4.78 is 29.4. The fourth-order valence-electron chi connectivity index (χ4n) is 1.04. The number of rotatable bonds is 5. The van der Waals surface area contributed by atoms with Crippen molar-refractivity contribution in [3.8, 4) is 0 Å². The van der Waals surface area contributed by atoms with Crippen molar-refractivity contribution in [3.05, 3.63) is 35.4 Å². The number of thioether (sulfide) groups is 1. The fourth-order valence-corrected chi connectivity index (χ4v) is 2.92. The second-order valence-corrected chi connectivity index (χ2v) is 6.00. The molecule has 0 heterocycles. The molecule has 0 bridgehead atoms. The summed E-state index contributed by atoms with van der Waals surface area (Å²) in [6.45, 7) is 2.02. The molecule has 84 valence electrons. The fraction of sp³-hybridized carbons (Fsp3) is 0.400. The summed E-state index contributed by atoms with van der Waals surface area (Å²) >= 11 is 1.50. The molecule has 1 aromatic rings. The van der Waals surface area contributed by atoms with Gasteiger partial charge in [0.1, 0.15) is 0 Å². The Hall–Kier alpha value is -0.520. The van der Waals surface area contributed by atoms with E-state index in [0.29, 0.717) is 5.75 Å². The molecule has 0 aliphatic heterocycles. The van der Waals surface area contributed by atoms with Crippen LogP contribution < -0.4 is 0 Å². The zero-order chi connectivity index (χ0) is 11.3. The molecule has 0 radical (unpaired) electrons. The Labute approximate surface area is 94.6 Å². The standard InChI is InChI=1S/C10H14O3S2/c1-9-2-4-10(5-3-9)8-14-6-7-15(11,12)13/h2-5H,6-8H2,1H3,(H,11,12,13). The first-order valence-electron chi connectivity index (χ1n) is 4.56. The smallest absolute Gasteiger partial charge is 0.265 e. The Morgan fingerprint density at radius 3 is 2.40 bits per heavy atom. The molecule has 1 rings (SSSR count). The molecule has 1 N–H and O–H groups in total. The minimum absolute atomic E-state index is 0.177. The number of aryl methyl sites for hydroxylation is 1. The van der Waals surface area contributed by atoms with E-state index < -0.39 is 10.1 Å². The Morgan fingerprint density at radius 2 is 1.87 bits per heavy atom. The Balaban J connectivity index is 2.29. The first-order valence-corrected chi connectivity index (χ1v) is 7.32. The third-order valence-electron chi connectivity index (χ3n) is 1.87. The van der Waals surface area contributed by atoms with Gasteiger partial charge >= 0.3 is 0 Å². The van der Waals surface area contributed by atoms with Crippen molar-refractivity contribution in [1.82, 2.24) is 0 Å². The topological polar surface area (TPSA) is 54.4 Å². The first-order chi connectivity index (χ1) is 6.97. The van der Waals surface area contributed by atoms with Crippen LogP contribution in [0.1, 0.15) is 11.1 Å². The molecule has 3 nitrogen and oxygen atoms in total. The molecule has 0 unspecified atom stereocenters. The first kappa shape index (κ1) is 12.5. The van der Waals surface area contributed by atoms with Gasteiger partial charge in [-0.1, -0.05) is 29.8 Å². The maximum atomic E-state index is 10.4. The average molecular weight is 246 g/mol. The lowest BCUT2D eigenvalue weighted by Gasteiger charge is -2.01. The third-order valence-corrected chi connectivity index (χ3v) is 3.88. The van der Waals surface area contributed by atoms with Crippen LogP contribution in [0.5, 0.6) is 0 Å². The number of hydrogen-bond donors (Lipinski definition) is 1. The molecule has 0 fully saturated rings. The summed E-state index contributed by atoms with van der Waals surface area (Å²) in [6.07, 6.45) is 0. The maximum absolute atomic E-state index is 10.4. The van der Waals surface area contributed by atoms with Crippen molar-refractivity contribution in [1.29, 1.82) is 0 Å². The van der Waals surface area contributed by atoms with Gasteiger partial charge in [-0.05, 0) is 12.5 Å². The van der Waals surface area contributed by atoms with E-state index in [9.17, 15) is 8.42 Å². The van der Waals surface area contributed by atoms with Gasteiger partial charge in [-0.2, -0.15) is 20.2 Å². The highest BCUT2D eigenvalue weighted by atomic mass is 32.2. The number of benzene rings is 1. The lowest BCUT2D eigenvalue weighted by molar-refractivity contribution is 0.485. The molecule has 0 spiro atoms. The van der Waals surface area contributed by atoms with Gasteiger partial charge in [-0.3, -0.25) is 4.55 Å². The van der Waals surface area contributed by atoms with Gasteiger partial charge < -0.3 is 0 Å². The summed E-state index contributed by atoms with van der Waals surface area (Å²) in [5, 5.41) is 0. The monoisotopic (exact) mass is 246 g/mol. The predicted molar refractivity (Wildman–Crippen MR) is 63.8 cm³/mol. The molecule has 5 heteroatoms. The van der Waals surface area contributed by atoms with E-state index in [0.717, 1.165) is 5.75 Å². The van der Waals surface area contributed by atoms with E-state index in [1.807, 2.05) is 31.2 Å². The van der Waals surface area contributed by atoms with Gasteiger partial charge in [0.25, 0.3) is 10.1 Å². The van der Waals surface area contributed by atoms with Crippen LogP contribution >= 0.6 is 11.8 Å². The molecular weight excluding hydrogens is 232 g/mol. The average Bonchev–Trinajstić information content (AvgIpc) is 2.14. The van der Waals surface area contributed by atoms with Crippen molar-refractivity contribution in [3.63, 3.8) is 0 Å². The van der Waals surface area contributed by atoms with Crippen molar-refractivity contribution < 1.29 is 13.0 Å². The summed E-state index contributed by atoms with van der Waals surface area (Å²) in [5.41, 5.74) is 2.38. The lowest BCUT2D eigenvalue weighted by atomic mass is 10.2. The zero-order valence-electron chi connectivity index (χ0n) is 8.51. The lowest BCUT2D eigenvalue weighted by Crippen LogP contribution is -2.05. The molecule has 0 saturated heterocycles. The SMILES string of the molecule is Cc1ccc(CSCCS(=O)(=O)O)cc1. The molecule has 15 heavy (non-hydrogen) atoms. The molecule has 0 atom stereocenters. The van der Waals surface area contributed by atoms with E-state index in [-0.39, 0.29) is 5.75 Å². The van der Waals surface area contributed by atoms with Crippen LogP contribution in [0.25, 0.3) is 0 Å². The molecule has 0 aliphatic carbocycles. The van der Waals surface area contributed by atoms with Crippen molar-refractivity contribution in [2.24, 2.45) is 0 Å². The minimum atomic E-state index is -3.81. The third kappa shape index (κ3) is 5.81. The van der Waals surface area contributed by atoms with E-state index in [2.05, 4.69) is 0 Å². The van der Waals surface area contributed by atoms with E-state index >= 15 is 0 Å². The molecular formula is C10H14O3S2. The summed E-state index contributed by atoms with van der Waals surface area (Å²) in [7, 11) is -3.81. The Morgan fingerprint density at radius 1 is 1.27 bits per heavy atom. The van der Waals surface area contributed by atoms with Gasteiger partial charge in [-0.15, -0.1) is 0 Å². The summed E-state index contributed by atoms with van der Waals surface area (Å²) in [6, 6.07) is 8.10. The van der Waals surface area contributed by atoms with Crippen LogP contribution in [0.3, 0.4) is 0 Å². The van der Waals surface area contributed by atoms with Crippen LogP contribution in [0.15, 0.2) is 24.3 Å². The second-order valence-electron chi connectivity index (χ2n) is 3.32. The zero-order valence-corrected chi connectivity index (χ0v) is 10.1. The Kier molecular flexibility index (Phi) is 4.63. The van der Waals surface area contributed by atoms with Crippen molar-refractivity contribution in [2.45, 2.75) is 12.7 Å². The van der Waals surface area contributed by atoms with Crippen LogP contribution in [0, 0.1) is 6.92 Å². The number of hydrogen-bond acceptors (Lipinski definition) is 3. The molecule has 0 saturated carbocycles. The molecule has 0 aliphatic rings. The molecule has 0 aromatic heterocycles. The normalized spacial score (nSPS) is 11.6. The highest BCUT2D eigenvalue weighted by Gasteiger charge is 2.03. The predicted octanol–water partition coefficient (Wildman–Crippen LogP) is 2.12. The van der Waals surface area contributed by atoms with Gasteiger partial charge in [0.2, 0.25) is 0 Å². The van der Waals surface area contributed by atoms with Gasteiger partial charge in [0, 0.05) is 11.5 Å². The quantitative estimate of drug-likeness (QED) is 0.638. The van der Waals surface area contributed by atoms with E-state index in [1.54, 1.807) is 0 Å². The molecule has 1 aromatic carbocycles. The molecule has 0 amide bonds. The van der Waals surface area contributed by atoms with E-state index in [4.69, 9.17) is 4.55 Å². The van der Waals surface area contributed by atoms with Crippen LogP contribution in [0.2, 0.25) is 0 Å². The largest absolute Gasteiger partial charge is 0.286 e. The van der Waals surface area contributed by atoms with Crippen molar-refractivity contribution in [2.75, 3.05) is 11.5 Å². The Bertz CT molecular complexity index is 395. The van der Waals surface area contributed by atoms with Crippen LogP contribution in [0.4, 0.5) is 0 Å². The van der Waals surface area contributed by atoms with Crippen LogP contribution in [-0.2, 0) is 15.9 Å². The van der Waals surface area contributed by atoms with Gasteiger partial charge in [0.15, 0.2) is 0 Å². The second kappa shape index (κ2) is 5.53. The minimum Gasteiger partial charge on any atom is -0.286 e. The maximum Gasteiger partial charge on any atom is 0.265 e. The van der Waals surface area contributed by atoms with Crippen molar-refractivity contribution >= 4 is 21.9 Å².